The number of aliphatic hydroxyl groups is 1. The Morgan fingerprint density at radius 3 is 2.64 bits per heavy atom. The zero-order valence-electron chi connectivity index (χ0n) is 13.0. The summed E-state index contributed by atoms with van der Waals surface area (Å²) < 4.78 is 1.60. The van der Waals surface area contributed by atoms with Crippen LogP contribution in [-0.2, 0) is 7.05 Å². The van der Waals surface area contributed by atoms with Gasteiger partial charge < -0.3 is 10.0 Å². The Bertz CT molecular complexity index is 674. The van der Waals surface area contributed by atoms with E-state index in [1.54, 1.807) is 29.7 Å². The third-order valence-corrected chi connectivity index (χ3v) is 4.33. The summed E-state index contributed by atoms with van der Waals surface area (Å²) in [5, 5.41) is 14.6. The fourth-order valence-electron chi connectivity index (χ4n) is 2.87. The number of benzene rings is 1. The molecule has 1 aromatic carbocycles. The first-order chi connectivity index (χ1) is 10.5. The van der Waals surface area contributed by atoms with Crippen molar-refractivity contribution in [3.8, 4) is 11.3 Å². The van der Waals surface area contributed by atoms with E-state index in [4.69, 9.17) is 0 Å². The normalized spacial score (nSPS) is 16.1. The van der Waals surface area contributed by atoms with Crippen molar-refractivity contribution in [2.45, 2.75) is 24.9 Å². The van der Waals surface area contributed by atoms with Gasteiger partial charge in [0, 0.05) is 26.2 Å². The van der Waals surface area contributed by atoms with E-state index in [2.05, 4.69) is 5.10 Å². The second-order valence-electron chi connectivity index (χ2n) is 6.14. The molecule has 5 nitrogen and oxygen atoms in total. The minimum atomic E-state index is -0.703. The highest BCUT2D eigenvalue weighted by molar-refractivity contribution is 5.93. The zero-order chi connectivity index (χ0) is 15.7. The number of likely N-dealkylation sites (N-methyl/N-ethyl adjacent to an activating group) is 1. The van der Waals surface area contributed by atoms with E-state index in [9.17, 15) is 9.90 Å². The van der Waals surface area contributed by atoms with E-state index in [0.717, 1.165) is 30.5 Å². The summed E-state index contributed by atoms with van der Waals surface area (Å²) in [7, 11) is 3.50. The quantitative estimate of drug-likeness (QED) is 0.940. The monoisotopic (exact) mass is 299 g/mol. The summed E-state index contributed by atoms with van der Waals surface area (Å²) in [6, 6.07) is 11.6. The lowest BCUT2D eigenvalue weighted by atomic mass is 9.80. The van der Waals surface area contributed by atoms with Crippen molar-refractivity contribution in [3.05, 3.63) is 42.1 Å². The lowest BCUT2D eigenvalue weighted by Gasteiger charge is -2.39. The molecule has 1 fully saturated rings. The molecule has 0 spiro atoms. The van der Waals surface area contributed by atoms with Gasteiger partial charge in [0.25, 0.3) is 5.91 Å². The van der Waals surface area contributed by atoms with Crippen LogP contribution in [0.2, 0.25) is 0 Å². The van der Waals surface area contributed by atoms with Gasteiger partial charge in [-0.1, -0.05) is 30.3 Å². The maximum Gasteiger partial charge on any atom is 0.271 e. The highest BCUT2D eigenvalue weighted by Gasteiger charge is 2.36. The fourth-order valence-corrected chi connectivity index (χ4v) is 2.87. The first kappa shape index (κ1) is 14.8. The van der Waals surface area contributed by atoms with Gasteiger partial charge >= 0.3 is 0 Å². The second-order valence-corrected chi connectivity index (χ2v) is 6.14. The number of amides is 1. The van der Waals surface area contributed by atoms with Crippen LogP contribution in [0.3, 0.4) is 0 Å². The lowest BCUT2D eigenvalue weighted by Crippen LogP contribution is -2.48. The van der Waals surface area contributed by atoms with Gasteiger partial charge in [0.2, 0.25) is 0 Å². The van der Waals surface area contributed by atoms with Crippen LogP contribution >= 0.6 is 0 Å². The number of aromatic nitrogens is 2. The molecule has 1 saturated carbocycles. The number of rotatable bonds is 4. The molecule has 2 aromatic rings. The van der Waals surface area contributed by atoms with Crippen LogP contribution < -0.4 is 0 Å². The number of carbonyl (C=O) groups is 1. The van der Waals surface area contributed by atoms with Crippen molar-refractivity contribution in [2.24, 2.45) is 7.05 Å². The van der Waals surface area contributed by atoms with Crippen LogP contribution in [0.15, 0.2) is 36.4 Å². The summed E-state index contributed by atoms with van der Waals surface area (Å²) >= 11 is 0. The third kappa shape index (κ3) is 2.76. The lowest BCUT2D eigenvalue weighted by molar-refractivity contribution is -0.0500. The SMILES string of the molecule is CN(CC1(O)CCC1)C(=O)c1cc(-c2ccccc2)nn1C. The molecule has 22 heavy (non-hydrogen) atoms. The van der Waals surface area contributed by atoms with Crippen molar-refractivity contribution in [3.63, 3.8) is 0 Å². The minimum Gasteiger partial charge on any atom is -0.388 e. The molecule has 0 radical (unpaired) electrons. The van der Waals surface area contributed by atoms with Crippen LogP contribution in [0.4, 0.5) is 0 Å². The van der Waals surface area contributed by atoms with E-state index in [0.29, 0.717) is 12.2 Å². The van der Waals surface area contributed by atoms with Crippen molar-refractivity contribution >= 4 is 5.91 Å². The molecular formula is C17H21N3O2. The van der Waals surface area contributed by atoms with Crippen LogP contribution in [0.25, 0.3) is 11.3 Å². The molecule has 5 heteroatoms. The van der Waals surface area contributed by atoms with Gasteiger partial charge in [-0.2, -0.15) is 5.10 Å². The Kier molecular flexibility index (Phi) is 3.74. The minimum absolute atomic E-state index is 0.113. The van der Waals surface area contributed by atoms with Crippen molar-refractivity contribution < 1.29 is 9.90 Å². The van der Waals surface area contributed by atoms with Crippen molar-refractivity contribution in [2.75, 3.05) is 13.6 Å². The second kappa shape index (κ2) is 5.57. The molecule has 0 bridgehead atoms. The predicted molar refractivity (Wildman–Crippen MR) is 84.4 cm³/mol. The molecule has 1 aromatic heterocycles. The molecule has 1 N–H and O–H groups in total. The Morgan fingerprint density at radius 1 is 1.36 bits per heavy atom. The summed E-state index contributed by atoms with van der Waals surface area (Å²) in [5.41, 5.74) is 1.59. The highest BCUT2D eigenvalue weighted by Crippen LogP contribution is 2.32. The first-order valence-electron chi connectivity index (χ1n) is 7.56. The molecule has 0 aliphatic heterocycles. The smallest absolute Gasteiger partial charge is 0.271 e. The van der Waals surface area contributed by atoms with Gasteiger partial charge in [-0.25, -0.2) is 0 Å². The zero-order valence-corrected chi connectivity index (χ0v) is 13.0. The van der Waals surface area contributed by atoms with Gasteiger partial charge in [0.1, 0.15) is 5.69 Å². The molecule has 116 valence electrons. The largest absolute Gasteiger partial charge is 0.388 e. The van der Waals surface area contributed by atoms with E-state index in [-0.39, 0.29) is 5.91 Å². The Hall–Kier alpha value is -2.14. The Labute approximate surface area is 130 Å². The number of hydrogen-bond acceptors (Lipinski definition) is 3. The topological polar surface area (TPSA) is 58.4 Å². The summed E-state index contributed by atoms with van der Waals surface area (Å²) in [4.78, 5) is 14.2. The summed E-state index contributed by atoms with van der Waals surface area (Å²) in [5.74, 6) is -0.113. The van der Waals surface area contributed by atoms with E-state index in [1.807, 2.05) is 30.3 Å². The molecule has 0 saturated heterocycles. The van der Waals surface area contributed by atoms with Gasteiger partial charge in [-0.15, -0.1) is 0 Å². The van der Waals surface area contributed by atoms with Crippen LogP contribution in [0.5, 0.6) is 0 Å². The first-order valence-corrected chi connectivity index (χ1v) is 7.56. The molecule has 0 unspecified atom stereocenters. The Balaban J connectivity index is 1.79. The molecule has 1 amide bonds. The molecule has 1 aliphatic carbocycles. The van der Waals surface area contributed by atoms with Gasteiger partial charge in [0.15, 0.2) is 0 Å². The number of hydrogen-bond donors (Lipinski definition) is 1. The Morgan fingerprint density at radius 2 is 2.05 bits per heavy atom. The number of nitrogens with zero attached hydrogens (tertiary/aromatic N) is 3. The highest BCUT2D eigenvalue weighted by atomic mass is 16.3. The molecule has 0 atom stereocenters. The van der Waals surface area contributed by atoms with Crippen molar-refractivity contribution in [1.82, 2.24) is 14.7 Å². The maximum absolute atomic E-state index is 12.6. The summed E-state index contributed by atoms with van der Waals surface area (Å²) in [6.07, 6.45) is 2.57. The van der Waals surface area contributed by atoms with Gasteiger partial charge in [0.05, 0.1) is 11.3 Å². The van der Waals surface area contributed by atoms with Crippen LogP contribution in [0, 0.1) is 0 Å². The van der Waals surface area contributed by atoms with Crippen LogP contribution in [0.1, 0.15) is 29.8 Å². The van der Waals surface area contributed by atoms with Gasteiger partial charge in [-0.05, 0) is 25.3 Å². The predicted octanol–water partition coefficient (Wildman–Crippen LogP) is 2.07. The van der Waals surface area contributed by atoms with Crippen LogP contribution in [-0.4, -0.2) is 44.9 Å². The maximum atomic E-state index is 12.6. The number of carbonyl (C=O) groups excluding carboxylic acids is 1. The summed E-state index contributed by atoms with van der Waals surface area (Å²) in [6.45, 7) is 0.373. The van der Waals surface area contributed by atoms with Gasteiger partial charge in [-0.3, -0.25) is 9.48 Å². The van der Waals surface area contributed by atoms with Crippen molar-refractivity contribution in [1.29, 1.82) is 0 Å². The molecule has 3 rings (SSSR count). The molecular weight excluding hydrogens is 278 g/mol. The van der Waals surface area contributed by atoms with E-state index >= 15 is 0 Å². The molecule has 1 aliphatic rings. The average molecular weight is 299 g/mol. The van der Waals surface area contributed by atoms with E-state index in [1.165, 1.54) is 0 Å². The average Bonchev–Trinajstić information content (AvgIpc) is 2.87. The standard InChI is InChI=1S/C17H21N3O2/c1-19(12-17(22)9-6-10-17)16(21)15-11-14(18-20(15)2)13-7-4-3-5-8-13/h3-5,7-8,11,22H,6,9-10,12H2,1-2H3. The third-order valence-electron chi connectivity index (χ3n) is 4.33. The fraction of sp³-hybridized carbons (Fsp3) is 0.412. The van der Waals surface area contributed by atoms with E-state index < -0.39 is 5.60 Å². The number of aryl methyl sites for hydroxylation is 1. The molecule has 1 heterocycles.